The third-order valence-electron chi connectivity index (χ3n) is 8.65. The predicted octanol–water partition coefficient (Wildman–Crippen LogP) is 3.80. The topological polar surface area (TPSA) is 74.6 Å². The van der Waals surface area contributed by atoms with E-state index in [1.165, 1.54) is 5.57 Å². The second-order valence-corrected chi connectivity index (χ2v) is 10.3. The minimum absolute atomic E-state index is 0.0205. The third kappa shape index (κ3) is 2.68. The van der Waals surface area contributed by atoms with Gasteiger partial charge in [0.05, 0.1) is 5.60 Å². The first kappa shape index (κ1) is 19.3. The number of aliphatic hydroxyl groups is 1. The molecule has 1 unspecified atom stereocenters. The molecule has 148 valence electrons. The molecule has 0 amide bonds. The first-order chi connectivity index (χ1) is 12.6. The first-order valence-electron chi connectivity index (χ1n) is 10.2. The molecule has 0 heterocycles. The molecule has 0 aromatic carbocycles. The molecular formula is C22H30O4S. The van der Waals surface area contributed by atoms with Gasteiger partial charge in [-0.25, -0.2) is 0 Å². The van der Waals surface area contributed by atoms with Gasteiger partial charge in [-0.1, -0.05) is 25.5 Å². The van der Waals surface area contributed by atoms with Gasteiger partial charge in [0.2, 0.25) is 0 Å². The molecule has 3 fully saturated rings. The number of hydrogen-bond acceptors (Lipinski definition) is 4. The van der Waals surface area contributed by atoms with E-state index in [9.17, 15) is 14.7 Å². The van der Waals surface area contributed by atoms with E-state index in [-0.39, 0.29) is 28.3 Å². The van der Waals surface area contributed by atoms with Gasteiger partial charge in [-0.3, -0.25) is 9.59 Å². The lowest BCUT2D eigenvalue weighted by atomic mass is 9.47. The molecule has 3 saturated carbocycles. The molecule has 0 bridgehead atoms. The van der Waals surface area contributed by atoms with Crippen LogP contribution >= 0.6 is 12.6 Å². The lowest BCUT2D eigenvalue weighted by Gasteiger charge is -2.59. The van der Waals surface area contributed by atoms with Gasteiger partial charge < -0.3 is 10.2 Å². The van der Waals surface area contributed by atoms with Crippen LogP contribution in [0.1, 0.15) is 58.8 Å². The van der Waals surface area contributed by atoms with Gasteiger partial charge in [0.15, 0.2) is 5.78 Å². The summed E-state index contributed by atoms with van der Waals surface area (Å²) in [7, 11) is 0. The first-order valence-corrected chi connectivity index (χ1v) is 10.7. The van der Waals surface area contributed by atoms with Crippen LogP contribution in [0.2, 0.25) is 0 Å². The Labute approximate surface area is 166 Å². The van der Waals surface area contributed by atoms with Gasteiger partial charge in [-0.2, -0.15) is 12.6 Å². The normalized spacial score (nSPS) is 48.4. The van der Waals surface area contributed by atoms with Gasteiger partial charge in [0, 0.05) is 17.1 Å². The lowest BCUT2D eigenvalue weighted by molar-refractivity contribution is -0.145. The average Bonchev–Trinajstić information content (AvgIpc) is 2.87. The summed E-state index contributed by atoms with van der Waals surface area (Å²) in [5.74, 6) is 0.386. The molecule has 4 nitrogen and oxygen atoms in total. The van der Waals surface area contributed by atoms with Crippen LogP contribution in [0.15, 0.2) is 23.8 Å². The Hall–Kier alpha value is -1.07. The lowest BCUT2D eigenvalue weighted by Crippen LogP contribution is -2.57. The van der Waals surface area contributed by atoms with Crippen molar-refractivity contribution in [2.24, 2.45) is 28.6 Å². The number of fused-ring (bicyclic) bond motifs is 5. The zero-order valence-corrected chi connectivity index (χ0v) is 17.0. The number of ketones is 1. The quantitative estimate of drug-likeness (QED) is 0.641. The van der Waals surface area contributed by atoms with Gasteiger partial charge >= 0.3 is 5.97 Å². The third-order valence-corrected chi connectivity index (χ3v) is 9.18. The molecule has 0 spiro atoms. The maximum Gasteiger partial charge on any atom is 0.303 e. The van der Waals surface area contributed by atoms with E-state index in [0.717, 1.165) is 25.7 Å². The molecule has 2 N–H and O–H groups in total. The second kappa shape index (κ2) is 6.21. The van der Waals surface area contributed by atoms with Crippen molar-refractivity contribution in [3.8, 4) is 0 Å². The van der Waals surface area contributed by atoms with E-state index in [1.54, 1.807) is 6.08 Å². The molecule has 4 aliphatic rings. The van der Waals surface area contributed by atoms with Gasteiger partial charge in [0.25, 0.3) is 0 Å². The Kier molecular flexibility index (Phi) is 4.43. The van der Waals surface area contributed by atoms with Crippen molar-refractivity contribution in [3.05, 3.63) is 23.8 Å². The van der Waals surface area contributed by atoms with Crippen LogP contribution in [0.25, 0.3) is 0 Å². The van der Waals surface area contributed by atoms with E-state index < -0.39 is 11.6 Å². The molecule has 0 aromatic heterocycles. The van der Waals surface area contributed by atoms with Crippen molar-refractivity contribution in [1.29, 1.82) is 0 Å². The van der Waals surface area contributed by atoms with Crippen LogP contribution in [0.3, 0.4) is 0 Å². The summed E-state index contributed by atoms with van der Waals surface area (Å²) in [6.45, 7) is 4.44. The Morgan fingerprint density at radius 3 is 2.67 bits per heavy atom. The zero-order valence-electron chi connectivity index (χ0n) is 16.1. The van der Waals surface area contributed by atoms with E-state index in [2.05, 4.69) is 19.9 Å². The molecule has 5 heteroatoms. The molecule has 0 aliphatic heterocycles. The average molecular weight is 391 g/mol. The molecule has 27 heavy (non-hydrogen) atoms. The van der Waals surface area contributed by atoms with Crippen LogP contribution in [-0.4, -0.2) is 32.8 Å². The highest BCUT2D eigenvalue weighted by molar-refractivity contribution is 7.81. The second-order valence-electron chi connectivity index (χ2n) is 9.67. The SMILES string of the molecule is C[C@]12C=CC(=O)C=C1CC(S)[C@@H]1[C@@H]2CC[C@@]2(C)[C@H]1CC[C@]2(O)CCC(=O)O. The highest BCUT2D eigenvalue weighted by Crippen LogP contribution is 2.68. The number of rotatable bonds is 3. The van der Waals surface area contributed by atoms with Crippen molar-refractivity contribution in [2.75, 3.05) is 0 Å². The fourth-order valence-corrected chi connectivity index (χ4v) is 7.62. The van der Waals surface area contributed by atoms with Crippen LogP contribution in [0.5, 0.6) is 0 Å². The summed E-state index contributed by atoms with van der Waals surface area (Å²) >= 11 is 4.98. The number of carboxylic acids is 1. The molecule has 4 aliphatic carbocycles. The molecule has 0 saturated heterocycles. The maximum atomic E-state index is 11.9. The van der Waals surface area contributed by atoms with E-state index >= 15 is 0 Å². The number of carboxylic acid groups (broad SMARTS) is 1. The highest BCUT2D eigenvalue weighted by atomic mass is 32.1. The van der Waals surface area contributed by atoms with Crippen molar-refractivity contribution < 1.29 is 19.8 Å². The number of carbonyl (C=O) groups is 2. The smallest absolute Gasteiger partial charge is 0.303 e. The van der Waals surface area contributed by atoms with Gasteiger partial charge in [0.1, 0.15) is 0 Å². The Balaban J connectivity index is 1.67. The molecule has 0 aromatic rings. The Bertz CT molecular complexity index is 743. The van der Waals surface area contributed by atoms with Gasteiger partial charge in [-0.15, -0.1) is 0 Å². The van der Waals surface area contributed by atoms with Crippen LogP contribution < -0.4 is 0 Å². The van der Waals surface area contributed by atoms with Crippen molar-refractivity contribution in [3.63, 3.8) is 0 Å². The summed E-state index contributed by atoms with van der Waals surface area (Å²) in [6, 6.07) is 0. The Morgan fingerprint density at radius 2 is 1.96 bits per heavy atom. The summed E-state index contributed by atoms with van der Waals surface area (Å²) in [4.78, 5) is 23.0. The summed E-state index contributed by atoms with van der Waals surface area (Å²) in [5, 5.41) is 20.7. The van der Waals surface area contributed by atoms with Crippen LogP contribution in [0, 0.1) is 28.6 Å². The van der Waals surface area contributed by atoms with Gasteiger partial charge in [-0.05, 0) is 73.8 Å². The summed E-state index contributed by atoms with van der Waals surface area (Å²) in [5.41, 5.74) is -0.0414. The molecule has 0 radical (unpaired) electrons. The van der Waals surface area contributed by atoms with Crippen LogP contribution in [-0.2, 0) is 9.59 Å². The number of allylic oxidation sites excluding steroid dienone is 4. The highest BCUT2D eigenvalue weighted by Gasteiger charge is 2.64. The molecule has 4 rings (SSSR count). The van der Waals surface area contributed by atoms with Crippen LogP contribution in [0.4, 0.5) is 0 Å². The number of carbonyl (C=O) groups excluding carboxylic acids is 1. The standard InChI is InChI=1S/C22H30O4S/c1-20-7-3-14(23)11-13(20)12-17(27)19-15(20)4-8-21(2)16(19)5-9-22(21,26)10-6-18(24)25/h3,7,11,15-17,19,26-27H,4-6,8-10,12H2,1-2H3,(H,24,25)/t15-,16-,17?,19+,20-,21-,22-/m0/s1. The van der Waals surface area contributed by atoms with Crippen molar-refractivity contribution >= 4 is 24.4 Å². The minimum Gasteiger partial charge on any atom is -0.481 e. The maximum absolute atomic E-state index is 11.9. The minimum atomic E-state index is -0.899. The Morgan fingerprint density at radius 1 is 1.26 bits per heavy atom. The monoisotopic (exact) mass is 390 g/mol. The number of hydrogen-bond donors (Lipinski definition) is 3. The number of aliphatic carboxylic acids is 1. The van der Waals surface area contributed by atoms with E-state index in [4.69, 9.17) is 17.7 Å². The fourth-order valence-electron chi connectivity index (χ4n) is 7.01. The summed E-state index contributed by atoms with van der Waals surface area (Å²) in [6.07, 6.45) is 10.3. The van der Waals surface area contributed by atoms with Crippen molar-refractivity contribution in [2.45, 2.75) is 69.6 Å². The molecule has 7 atom stereocenters. The van der Waals surface area contributed by atoms with Crippen molar-refractivity contribution in [1.82, 2.24) is 0 Å². The fraction of sp³-hybridized carbons (Fsp3) is 0.727. The number of thiol groups is 1. The predicted molar refractivity (Wildman–Crippen MR) is 107 cm³/mol. The largest absolute Gasteiger partial charge is 0.481 e. The zero-order chi connectivity index (χ0) is 19.6. The molecular weight excluding hydrogens is 360 g/mol. The summed E-state index contributed by atoms with van der Waals surface area (Å²) < 4.78 is 0. The van der Waals surface area contributed by atoms with E-state index in [1.807, 2.05) is 6.08 Å². The van der Waals surface area contributed by atoms with E-state index in [0.29, 0.717) is 30.6 Å².